The van der Waals surface area contributed by atoms with Gasteiger partial charge in [0.05, 0.1) is 10.6 Å². The predicted octanol–water partition coefficient (Wildman–Crippen LogP) is 6.43. The number of hydrogen-bond acceptors (Lipinski definition) is 4. The molecule has 0 bridgehead atoms. The van der Waals surface area contributed by atoms with Crippen molar-refractivity contribution in [3.8, 4) is 17.2 Å². The number of rotatable bonds is 6. The van der Waals surface area contributed by atoms with E-state index < -0.39 is 5.82 Å². The Kier molecular flexibility index (Phi) is 5.91. The summed E-state index contributed by atoms with van der Waals surface area (Å²) in [5.74, 6) is 0.609. The molecule has 0 saturated carbocycles. The quantitative estimate of drug-likeness (QED) is 0.377. The Labute approximate surface area is 183 Å². The van der Waals surface area contributed by atoms with Gasteiger partial charge in [0.1, 0.15) is 17.1 Å². The molecule has 1 N–H and O–H groups in total. The van der Waals surface area contributed by atoms with Crippen molar-refractivity contribution in [1.82, 2.24) is 4.98 Å². The van der Waals surface area contributed by atoms with Gasteiger partial charge in [-0.1, -0.05) is 37.6 Å². The number of fused-ring (bicyclic) bond motifs is 1. The minimum atomic E-state index is -0.437. The van der Waals surface area contributed by atoms with Gasteiger partial charge in [-0.25, -0.2) is 9.37 Å². The molecule has 4 aromatic rings. The highest BCUT2D eigenvalue weighted by atomic mass is 35.5. The lowest BCUT2D eigenvalue weighted by molar-refractivity contribution is -0.118. The van der Waals surface area contributed by atoms with Gasteiger partial charge >= 0.3 is 0 Å². The van der Waals surface area contributed by atoms with Gasteiger partial charge in [0.2, 0.25) is 5.89 Å². The topological polar surface area (TPSA) is 64.4 Å². The Hall–Kier alpha value is -3.38. The van der Waals surface area contributed by atoms with E-state index in [9.17, 15) is 9.18 Å². The fraction of sp³-hybridized carbons (Fsp3) is 0.167. The summed E-state index contributed by atoms with van der Waals surface area (Å²) in [5, 5.41) is 2.99. The Morgan fingerprint density at radius 3 is 2.61 bits per heavy atom. The number of benzene rings is 3. The van der Waals surface area contributed by atoms with Crippen molar-refractivity contribution in [3.63, 3.8) is 0 Å². The molecule has 0 fully saturated rings. The number of aromatic nitrogens is 1. The summed E-state index contributed by atoms with van der Waals surface area (Å²) in [7, 11) is 0. The summed E-state index contributed by atoms with van der Waals surface area (Å²) in [5.41, 5.74) is 3.32. The van der Waals surface area contributed by atoms with Crippen LogP contribution in [0.1, 0.15) is 25.3 Å². The van der Waals surface area contributed by atoms with Gasteiger partial charge in [0.25, 0.3) is 5.91 Å². The van der Waals surface area contributed by atoms with E-state index in [0.717, 1.165) is 0 Å². The molecule has 0 aliphatic rings. The highest BCUT2D eigenvalue weighted by molar-refractivity contribution is 6.33. The molecule has 5 nitrogen and oxygen atoms in total. The minimum Gasteiger partial charge on any atom is -0.484 e. The van der Waals surface area contributed by atoms with Gasteiger partial charge in [-0.15, -0.1) is 0 Å². The second-order valence-corrected chi connectivity index (χ2v) is 7.79. The molecule has 3 aromatic carbocycles. The van der Waals surface area contributed by atoms with E-state index in [1.54, 1.807) is 18.2 Å². The first kappa shape index (κ1) is 20.9. The first-order valence-electron chi connectivity index (χ1n) is 9.77. The molecular formula is C24H20ClFN2O3. The highest BCUT2D eigenvalue weighted by Crippen LogP contribution is 2.31. The van der Waals surface area contributed by atoms with Crippen LogP contribution in [-0.4, -0.2) is 17.5 Å². The van der Waals surface area contributed by atoms with Crippen molar-refractivity contribution in [3.05, 3.63) is 77.1 Å². The Bertz CT molecular complexity index is 1240. The summed E-state index contributed by atoms with van der Waals surface area (Å²) >= 11 is 6.09. The zero-order valence-electron chi connectivity index (χ0n) is 17.0. The predicted molar refractivity (Wildman–Crippen MR) is 119 cm³/mol. The number of halogens is 2. The van der Waals surface area contributed by atoms with E-state index in [2.05, 4.69) is 24.1 Å². The van der Waals surface area contributed by atoms with Gasteiger partial charge in [0, 0.05) is 5.69 Å². The molecule has 1 heterocycles. The lowest BCUT2D eigenvalue weighted by Gasteiger charge is -2.09. The summed E-state index contributed by atoms with van der Waals surface area (Å²) in [4.78, 5) is 16.7. The van der Waals surface area contributed by atoms with E-state index in [0.29, 0.717) is 34.0 Å². The number of nitrogens with one attached hydrogen (secondary N) is 1. The molecule has 0 unspecified atom stereocenters. The largest absolute Gasteiger partial charge is 0.484 e. The van der Waals surface area contributed by atoms with Crippen LogP contribution in [0.4, 0.5) is 10.1 Å². The standard InChI is InChI=1S/C24H20ClFN2O3/c1-14(2)15-3-7-18(8-4-15)30-13-23(29)27-17-6-10-22-21(12-17)28-24(31-22)19-9-5-16(26)11-20(19)25/h3-12,14H,13H2,1-2H3,(H,27,29). The van der Waals surface area contributed by atoms with Crippen molar-refractivity contribution >= 4 is 34.3 Å². The normalized spacial score (nSPS) is 11.1. The fourth-order valence-electron chi connectivity index (χ4n) is 3.08. The fourth-order valence-corrected chi connectivity index (χ4v) is 3.33. The molecule has 0 saturated heterocycles. The maximum absolute atomic E-state index is 13.3. The van der Waals surface area contributed by atoms with E-state index in [4.69, 9.17) is 20.8 Å². The zero-order valence-corrected chi connectivity index (χ0v) is 17.7. The minimum absolute atomic E-state index is 0.117. The SMILES string of the molecule is CC(C)c1ccc(OCC(=O)Nc2ccc3oc(-c4ccc(F)cc4Cl)nc3c2)cc1. The van der Waals surface area contributed by atoms with Crippen molar-refractivity contribution in [1.29, 1.82) is 0 Å². The van der Waals surface area contributed by atoms with Gasteiger partial charge in [-0.2, -0.15) is 0 Å². The van der Waals surface area contributed by atoms with Gasteiger partial charge in [0.15, 0.2) is 12.2 Å². The van der Waals surface area contributed by atoms with Gasteiger partial charge < -0.3 is 14.5 Å². The molecule has 0 radical (unpaired) electrons. The van der Waals surface area contributed by atoms with Crippen molar-refractivity contribution in [2.24, 2.45) is 0 Å². The number of carbonyl (C=O) groups is 1. The highest BCUT2D eigenvalue weighted by Gasteiger charge is 2.13. The number of ether oxygens (including phenoxy) is 1. The van der Waals surface area contributed by atoms with Gasteiger partial charge in [-0.3, -0.25) is 4.79 Å². The van der Waals surface area contributed by atoms with E-state index in [1.165, 1.54) is 23.8 Å². The van der Waals surface area contributed by atoms with E-state index >= 15 is 0 Å². The summed E-state index contributed by atoms with van der Waals surface area (Å²) in [6, 6.07) is 16.8. The lowest BCUT2D eigenvalue weighted by Crippen LogP contribution is -2.20. The maximum atomic E-state index is 13.3. The monoisotopic (exact) mass is 438 g/mol. The number of carbonyl (C=O) groups excluding carboxylic acids is 1. The smallest absolute Gasteiger partial charge is 0.262 e. The van der Waals surface area contributed by atoms with Crippen LogP contribution < -0.4 is 10.1 Å². The Balaban J connectivity index is 1.43. The van der Waals surface area contributed by atoms with Crippen LogP contribution in [0.25, 0.3) is 22.6 Å². The molecule has 0 aliphatic heterocycles. The number of anilines is 1. The zero-order chi connectivity index (χ0) is 22.0. The number of oxazole rings is 1. The molecule has 31 heavy (non-hydrogen) atoms. The molecule has 0 aliphatic carbocycles. The van der Waals surface area contributed by atoms with Crippen LogP contribution in [-0.2, 0) is 4.79 Å². The second kappa shape index (κ2) is 8.78. The maximum Gasteiger partial charge on any atom is 0.262 e. The van der Waals surface area contributed by atoms with Crippen LogP contribution >= 0.6 is 11.6 Å². The average molecular weight is 439 g/mol. The van der Waals surface area contributed by atoms with Crippen LogP contribution in [0.15, 0.2) is 65.1 Å². The third kappa shape index (κ3) is 4.86. The number of hydrogen-bond donors (Lipinski definition) is 1. The summed E-state index contributed by atoms with van der Waals surface area (Å²) in [6.45, 7) is 4.12. The molecule has 1 amide bonds. The number of nitrogens with zero attached hydrogens (tertiary/aromatic N) is 1. The van der Waals surface area contributed by atoms with Crippen molar-refractivity contribution < 1.29 is 18.3 Å². The van der Waals surface area contributed by atoms with Crippen LogP contribution in [0.3, 0.4) is 0 Å². The second-order valence-electron chi connectivity index (χ2n) is 7.39. The molecule has 0 atom stereocenters. The first-order chi connectivity index (χ1) is 14.9. The van der Waals surface area contributed by atoms with E-state index in [-0.39, 0.29) is 23.4 Å². The molecular weight excluding hydrogens is 419 g/mol. The van der Waals surface area contributed by atoms with Gasteiger partial charge in [-0.05, 0) is 60.0 Å². The van der Waals surface area contributed by atoms with Crippen molar-refractivity contribution in [2.45, 2.75) is 19.8 Å². The molecule has 158 valence electrons. The van der Waals surface area contributed by atoms with E-state index in [1.807, 2.05) is 24.3 Å². The lowest BCUT2D eigenvalue weighted by atomic mass is 10.0. The average Bonchev–Trinajstić information content (AvgIpc) is 3.15. The third-order valence-corrected chi connectivity index (χ3v) is 5.06. The Morgan fingerprint density at radius 2 is 1.90 bits per heavy atom. The van der Waals surface area contributed by atoms with Crippen LogP contribution in [0, 0.1) is 5.82 Å². The Morgan fingerprint density at radius 1 is 1.13 bits per heavy atom. The van der Waals surface area contributed by atoms with Crippen molar-refractivity contribution in [2.75, 3.05) is 11.9 Å². The van der Waals surface area contributed by atoms with Crippen LogP contribution in [0.2, 0.25) is 5.02 Å². The first-order valence-corrected chi connectivity index (χ1v) is 10.2. The third-order valence-electron chi connectivity index (χ3n) is 4.75. The summed E-state index contributed by atoms with van der Waals surface area (Å²) < 4.78 is 24.5. The number of amides is 1. The molecule has 0 spiro atoms. The molecule has 1 aromatic heterocycles. The van der Waals surface area contributed by atoms with Crippen LogP contribution in [0.5, 0.6) is 5.75 Å². The summed E-state index contributed by atoms with van der Waals surface area (Å²) in [6.07, 6.45) is 0. The molecule has 7 heteroatoms. The molecule has 4 rings (SSSR count).